The van der Waals surface area contributed by atoms with Crippen LogP contribution in [0.3, 0.4) is 0 Å². The predicted molar refractivity (Wildman–Crippen MR) is 106 cm³/mol. The van der Waals surface area contributed by atoms with Crippen LogP contribution in [-0.4, -0.2) is 55.5 Å². The number of carbonyl (C=O) groups is 3. The first-order chi connectivity index (χ1) is 13.3. The van der Waals surface area contributed by atoms with Gasteiger partial charge < -0.3 is 25.0 Å². The number of nitrogens with zero attached hydrogens (tertiary/aromatic N) is 1. The van der Waals surface area contributed by atoms with Crippen LogP contribution in [0.1, 0.15) is 33.6 Å². The largest absolute Gasteiger partial charge is 0.494 e. The lowest BCUT2D eigenvalue weighted by atomic mass is 9.96. The van der Waals surface area contributed by atoms with E-state index in [1.165, 1.54) is 14.0 Å². The molecule has 0 saturated carbocycles. The Kier molecular flexibility index (Phi) is 7.66. The number of carbonyl (C=O) groups excluding carboxylic acids is 3. The predicted octanol–water partition coefficient (Wildman–Crippen LogP) is 2.26. The van der Waals surface area contributed by atoms with Crippen LogP contribution in [-0.2, 0) is 19.1 Å². The molecule has 2 rings (SSSR count). The van der Waals surface area contributed by atoms with Crippen LogP contribution in [0.2, 0.25) is 0 Å². The Labute approximate surface area is 165 Å². The molecule has 0 radical (unpaired) electrons. The highest BCUT2D eigenvalue weighted by Gasteiger charge is 2.30. The summed E-state index contributed by atoms with van der Waals surface area (Å²) >= 11 is 0. The molecule has 2 amide bonds. The normalized spacial score (nSPS) is 15.5. The third-order valence-electron chi connectivity index (χ3n) is 4.69. The minimum Gasteiger partial charge on any atom is -0.494 e. The van der Waals surface area contributed by atoms with Gasteiger partial charge in [0.25, 0.3) is 0 Å². The monoisotopic (exact) mass is 391 g/mol. The van der Waals surface area contributed by atoms with Gasteiger partial charge in [0.15, 0.2) is 0 Å². The molecule has 1 unspecified atom stereocenters. The third kappa shape index (κ3) is 5.61. The first-order valence-electron chi connectivity index (χ1n) is 9.53. The Balaban J connectivity index is 1.94. The Morgan fingerprint density at radius 1 is 1.25 bits per heavy atom. The van der Waals surface area contributed by atoms with Crippen molar-refractivity contribution in [3.8, 4) is 5.75 Å². The molecule has 1 atom stereocenters. The molecule has 1 aliphatic rings. The van der Waals surface area contributed by atoms with Crippen LogP contribution in [0.25, 0.3) is 0 Å². The van der Waals surface area contributed by atoms with E-state index in [-0.39, 0.29) is 23.7 Å². The van der Waals surface area contributed by atoms with Gasteiger partial charge in [-0.3, -0.25) is 14.4 Å². The Bertz CT molecular complexity index is 714. The fraction of sp³-hybridized carbons (Fsp3) is 0.550. The number of piperidine rings is 1. The second kappa shape index (κ2) is 9.96. The van der Waals surface area contributed by atoms with Crippen molar-refractivity contribution >= 4 is 29.2 Å². The maximum absolute atomic E-state index is 12.7. The van der Waals surface area contributed by atoms with Crippen LogP contribution < -0.4 is 15.4 Å². The number of ether oxygens (including phenoxy) is 2. The Hall–Kier alpha value is -2.77. The maximum atomic E-state index is 12.7. The van der Waals surface area contributed by atoms with Crippen molar-refractivity contribution in [2.75, 3.05) is 37.4 Å². The zero-order chi connectivity index (χ0) is 20.7. The van der Waals surface area contributed by atoms with Crippen molar-refractivity contribution in [1.29, 1.82) is 0 Å². The van der Waals surface area contributed by atoms with E-state index in [1.807, 2.05) is 0 Å². The van der Waals surface area contributed by atoms with Gasteiger partial charge in [0, 0.05) is 31.8 Å². The molecular formula is C20H29N3O5. The van der Waals surface area contributed by atoms with E-state index in [4.69, 9.17) is 9.47 Å². The summed E-state index contributed by atoms with van der Waals surface area (Å²) in [5.41, 5.74) is 1.29. The summed E-state index contributed by atoms with van der Waals surface area (Å²) in [5, 5.41) is 5.87. The minimum atomic E-state index is -0.435. The number of methoxy groups -OCH3 is 1. The molecule has 8 heteroatoms. The van der Waals surface area contributed by atoms with Gasteiger partial charge >= 0.3 is 5.97 Å². The molecule has 8 nitrogen and oxygen atoms in total. The average Bonchev–Trinajstić information content (AvgIpc) is 2.68. The van der Waals surface area contributed by atoms with Crippen molar-refractivity contribution in [3.63, 3.8) is 0 Å². The quantitative estimate of drug-likeness (QED) is 0.692. The van der Waals surface area contributed by atoms with Crippen LogP contribution >= 0.6 is 0 Å². The molecule has 1 aromatic carbocycles. The van der Waals surface area contributed by atoms with Crippen molar-refractivity contribution in [1.82, 2.24) is 4.90 Å². The molecule has 0 aromatic heterocycles. The van der Waals surface area contributed by atoms with Gasteiger partial charge in [0.1, 0.15) is 11.8 Å². The lowest BCUT2D eigenvalue weighted by Gasteiger charge is -2.33. The molecular weight excluding hydrogens is 362 g/mol. The second-order valence-corrected chi connectivity index (χ2v) is 6.81. The molecule has 1 aliphatic heterocycles. The molecule has 1 heterocycles. The van der Waals surface area contributed by atoms with Crippen LogP contribution in [0.4, 0.5) is 11.4 Å². The molecule has 1 aromatic rings. The van der Waals surface area contributed by atoms with Crippen LogP contribution in [0.15, 0.2) is 18.2 Å². The van der Waals surface area contributed by atoms with Crippen LogP contribution in [0.5, 0.6) is 5.75 Å². The highest BCUT2D eigenvalue weighted by molar-refractivity contribution is 5.91. The lowest BCUT2D eigenvalue weighted by molar-refractivity contribution is -0.151. The molecule has 0 spiro atoms. The number of likely N-dealkylation sites (tertiary alicyclic amines) is 1. The number of hydrogen-bond donors (Lipinski definition) is 2. The zero-order valence-electron chi connectivity index (χ0n) is 16.9. The van der Waals surface area contributed by atoms with Crippen LogP contribution in [0, 0.1) is 5.92 Å². The Morgan fingerprint density at radius 3 is 2.50 bits per heavy atom. The van der Waals surface area contributed by atoms with Gasteiger partial charge in [0.05, 0.1) is 25.3 Å². The first-order valence-corrected chi connectivity index (χ1v) is 9.53. The summed E-state index contributed by atoms with van der Waals surface area (Å²) in [5.74, 6) is 0.000985. The zero-order valence-corrected chi connectivity index (χ0v) is 16.9. The minimum absolute atomic E-state index is 0.0211. The van der Waals surface area contributed by atoms with E-state index in [0.29, 0.717) is 49.7 Å². The molecule has 28 heavy (non-hydrogen) atoms. The lowest BCUT2D eigenvalue weighted by Crippen LogP contribution is -2.46. The summed E-state index contributed by atoms with van der Waals surface area (Å²) < 4.78 is 10.4. The SMILES string of the molecule is CCOC(=O)C1CCN(C(=O)C(C)Nc2ccc(NC(C)=O)c(OC)c2)CC1. The fourth-order valence-corrected chi connectivity index (χ4v) is 3.26. The van der Waals surface area contributed by atoms with Crippen molar-refractivity contribution in [2.24, 2.45) is 5.92 Å². The van der Waals surface area contributed by atoms with Gasteiger partial charge in [-0.25, -0.2) is 0 Å². The number of esters is 1. The summed E-state index contributed by atoms with van der Waals surface area (Å²) in [6, 6.07) is 4.81. The summed E-state index contributed by atoms with van der Waals surface area (Å²) in [6.07, 6.45) is 1.24. The molecule has 1 fully saturated rings. The topological polar surface area (TPSA) is 97.0 Å². The number of hydrogen-bond acceptors (Lipinski definition) is 6. The molecule has 0 aliphatic carbocycles. The van der Waals surface area contributed by atoms with Crippen molar-refractivity contribution < 1.29 is 23.9 Å². The Morgan fingerprint density at radius 2 is 1.93 bits per heavy atom. The number of amides is 2. The van der Waals surface area contributed by atoms with Gasteiger partial charge in [-0.1, -0.05) is 0 Å². The van der Waals surface area contributed by atoms with E-state index >= 15 is 0 Å². The molecule has 154 valence electrons. The van der Waals surface area contributed by atoms with Gasteiger partial charge in [0.2, 0.25) is 11.8 Å². The second-order valence-electron chi connectivity index (χ2n) is 6.81. The molecule has 1 saturated heterocycles. The summed E-state index contributed by atoms with van der Waals surface area (Å²) in [7, 11) is 1.52. The standard InChI is InChI=1S/C20H29N3O5/c1-5-28-20(26)15-8-10-23(11-9-15)19(25)13(2)21-16-6-7-17(22-14(3)24)18(12-16)27-4/h6-7,12-13,15,21H,5,8-11H2,1-4H3,(H,22,24). The van der Waals surface area contributed by atoms with E-state index < -0.39 is 6.04 Å². The first kappa shape index (κ1) is 21.5. The fourth-order valence-electron chi connectivity index (χ4n) is 3.26. The van der Waals surface area contributed by atoms with E-state index in [9.17, 15) is 14.4 Å². The van der Waals surface area contributed by atoms with Gasteiger partial charge in [-0.05, 0) is 38.8 Å². The summed E-state index contributed by atoms with van der Waals surface area (Å²) in [4.78, 5) is 37.6. The van der Waals surface area contributed by atoms with Gasteiger partial charge in [-0.2, -0.15) is 0 Å². The van der Waals surface area contributed by atoms with E-state index in [1.54, 1.807) is 36.9 Å². The highest BCUT2D eigenvalue weighted by Crippen LogP contribution is 2.28. The molecule has 2 N–H and O–H groups in total. The number of benzene rings is 1. The van der Waals surface area contributed by atoms with Crippen molar-refractivity contribution in [2.45, 2.75) is 39.7 Å². The van der Waals surface area contributed by atoms with Crippen molar-refractivity contribution in [3.05, 3.63) is 18.2 Å². The number of nitrogens with one attached hydrogen (secondary N) is 2. The van der Waals surface area contributed by atoms with E-state index in [2.05, 4.69) is 10.6 Å². The van der Waals surface area contributed by atoms with E-state index in [0.717, 1.165) is 0 Å². The number of anilines is 2. The maximum Gasteiger partial charge on any atom is 0.309 e. The van der Waals surface area contributed by atoms with Gasteiger partial charge in [-0.15, -0.1) is 0 Å². The third-order valence-corrected chi connectivity index (χ3v) is 4.69. The summed E-state index contributed by atoms with van der Waals surface area (Å²) in [6.45, 7) is 6.48. The number of rotatable bonds is 7. The highest BCUT2D eigenvalue weighted by atomic mass is 16.5. The average molecular weight is 391 g/mol. The smallest absolute Gasteiger partial charge is 0.309 e. The molecule has 0 bridgehead atoms.